The molecular formula is C26H21F3N2OS. The summed E-state index contributed by atoms with van der Waals surface area (Å²) in [5.74, 6) is -2.70. The minimum atomic E-state index is -0.853. The molecule has 1 aliphatic rings. The molecule has 0 atom stereocenters. The molecule has 168 valence electrons. The maximum Gasteiger partial charge on any atom is 0.284 e. The molecule has 4 rings (SSSR count). The molecule has 0 aliphatic heterocycles. The monoisotopic (exact) mass is 466 g/mol. The van der Waals surface area contributed by atoms with Gasteiger partial charge in [0.25, 0.3) is 5.91 Å². The summed E-state index contributed by atoms with van der Waals surface area (Å²) in [6, 6.07) is 9.30. The minimum Gasteiger partial charge on any atom is -0.315 e. The highest BCUT2D eigenvalue weighted by Crippen LogP contribution is 2.39. The molecule has 7 heteroatoms. The molecule has 1 heterocycles. The van der Waals surface area contributed by atoms with Crippen LogP contribution in [0, 0.1) is 11.6 Å². The van der Waals surface area contributed by atoms with E-state index in [0.717, 1.165) is 52.2 Å². The Morgan fingerprint density at radius 3 is 2.64 bits per heavy atom. The van der Waals surface area contributed by atoms with Crippen molar-refractivity contribution in [3.05, 3.63) is 100 Å². The van der Waals surface area contributed by atoms with Gasteiger partial charge in [-0.25, -0.2) is 18.2 Å². The van der Waals surface area contributed by atoms with E-state index in [4.69, 9.17) is 0 Å². The zero-order valence-electron chi connectivity index (χ0n) is 17.9. The standard InChI is InChI=1S/C26H21F3N2OS/c1-3-6-17(13-15(2)27)18-12-11-16-7-4-10-22-24(19(16)14-18)33-26(30-22)25(32)31-23-20(28)8-5-9-21(23)29/h3,5-6,8-9,11-14H,1,4,7,10H2,2H3,(H,31,32)/b15-13+,17-6+. The molecule has 1 N–H and O–H groups in total. The van der Waals surface area contributed by atoms with Crippen LogP contribution >= 0.6 is 11.3 Å². The summed E-state index contributed by atoms with van der Waals surface area (Å²) in [5.41, 5.74) is 3.78. The second-order valence-electron chi connectivity index (χ2n) is 7.66. The van der Waals surface area contributed by atoms with Crippen molar-refractivity contribution >= 4 is 28.5 Å². The summed E-state index contributed by atoms with van der Waals surface area (Å²) in [4.78, 5) is 18.1. The van der Waals surface area contributed by atoms with Crippen LogP contribution < -0.4 is 5.32 Å². The molecule has 33 heavy (non-hydrogen) atoms. The summed E-state index contributed by atoms with van der Waals surface area (Å²) >= 11 is 1.18. The van der Waals surface area contributed by atoms with Crippen LogP contribution in [0.25, 0.3) is 16.0 Å². The quantitative estimate of drug-likeness (QED) is 0.402. The smallest absolute Gasteiger partial charge is 0.284 e. The highest BCUT2D eigenvalue weighted by atomic mass is 32.1. The number of rotatable bonds is 5. The Morgan fingerprint density at radius 2 is 1.94 bits per heavy atom. The second-order valence-corrected chi connectivity index (χ2v) is 8.66. The van der Waals surface area contributed by atoms with Crippen LogP contribution in [0.15, 0.2) is 67.0 Å². The molecule has 0 radical (unpaired) electrons. The van der Waals surface area contributed by atoms with E-state index in [2.05, 4.69) is 16.9 Å². The average Bonchev–Trinajstić information content (AvgIpc) is 3.12. The first-order valence-corrected chi connectivity index (χ1v) is 11.2. The minimum absolute atomic E-state index is 0.127. The number of thiazole rings is 1. The number of halogens is 3. The predicted molar refractivity (Wildman–Crippen MR) is 127 cm³/mol. The van der Waals surface area contributed by atoms with Crippen LogP contribution in [-0.2, 0) is 12.8 Å². The van der Waals surface area contributed by atoms with Crippen molar-refractivity contribution in [3.63, 3.8) is 0 Å². The fraction of sp³-hybridized carbons (Fsp3) is 0.154. The first-order valence-electron chi connectivity index (χ1n) is 10.4. The van der Waals surface area contributed by atoms with E-state index in [1.54, 1.807) is 12.2 Å². The first kappa shape index (κ1) is 22.7. The summed E-state index contributed by atoms with van der Waals surface area (Å²) in [6.45, 7) is 5.09. The van der Waals surface area contributed by atoms with E-state index in [-0.39, 0.29) is 10.8 Å². The SMILES string of the molecule is C=C/C=C(\C=C(/C)F)c1ccc2c(c1)-c1sc(C(=O)Nc3c(F)cccc3F)nc1CCC2. The third kappa shape index (κ3) is 4.83. The Balaban J connectivity index is 1.74. The highest BCUT2D eigenvalue weighted by molar-refractivity contribution is 7.17. The summed E-state index contributed by atoms with van der Waals surface area (Å²) in [7, 11) is 0. The number of benzene rings is 2. The van der Waals surface area contributed by atoms with Gasteiger partial charge in [-0.1, -0.05) is 36.9 Å². The molecule has 3 nitrogen and oxygen atoms in total. The van der Waals surface area contributed by atoms with Gasteiger partial charge in [-0.15, -0.1) is 11.3 Å². The molecule has 0 saturated carbocycles. The van der Waals surface area contributed by atoms with Crippen LogP contribution in [0.5, 0.6) is 0 Å². The molecule has 0 spiro atoms. The van der Waals surface area contributed by atoms with Gasteiger partial charge in [0.05, 0.1) is 16.4 Å². The zero-order chi connectivity index (χ0) is 23.5. The molecule has 1 aliphatic carbocycles. The molecule has 3 aromatic rings. The number of carbonyl (C=O) groups is 1. The molecule has 1 amide bonds. The summed E-state index contributed by atoms with van der Waals surface area (Å²) in [6.07, 6.45) is 7.15. The lowest BCUT2D eigenvalue weighted by molar-refractivity contribution is 0.102. The van der Waals surface area contributed by atoms with E-state index in [1.807, 2.05) is 18.2 Å². The number of nitrogens with one attached hydrogen (secondary N) is 1. The molecule has 2 aromatic carbocycles. The molecule has 0 fully saturated rings. The van der Waals surface area contributed by atoms with Gasteiger partial charge in [0, 0.05) is 0 Å². The van der Waals surface area contributed by atoms with Gasteiger partial charge in [0.15, 0.2) is 5.01 Å². The van der Waals surface area contributed by atoms with Gasteiger partial charge < -0.3 is 5.32 Å². The fourth-order valence-electron chi connectivity index (χ4n) is 3.81. The van der Waals surface area contributed by atoms with E-state index in [1.165, 1.54) is 30.4 Å². The van der Waals surface area contributed by atoms with Crippen LogP contribution in [0.3, 0.4) is 0 Å². The van der Waals surface area contributed by atoms with Crippen molar-refractivity contribution in [2.45, 2.75) is 26.2 Å². The third-order valence-corrected chi connectivity index (χ3v) is 6.42. The maximum absolute atomic E-state index is 14.0. The Kier molecular flexibility index (Phi) is 6.60. The largest absolute Gasteiger partial charge is 0.315 e. The van der Waals surface area contributed by atoms with Crippen molar-refractivity contribution in [2.24, 2.45) is 0 Å². The highest BCUT2D eigenvalue weighted by Gasteiger charge is 2.24. The van der Waals surface area contributed by atoms with Crippen molar-refractivity contribution in [3.8, 4) is 10.4 Å². The average molecular weight is 467 g/mol. The molecular weight excluding hydrogens is 445 g/mol. The summed E-state index contributed by atoms with van der Waals surface area (Å²) in [5, 5.41) is 2.43. The zero-order valence-corrected chi connectivity index (χ0v) is 18.7. The van der Waals surface area contributed by atoms with E-state index < -0.39 is 23.2 Å². The number of amides is 1. The normalized spacial score (nSPS) is 13.7. The Morgan fingerprint density at radius 1 is 1.18 bits per heavy atom. The predicted octanol–water partition coefficient (Wildman–Crippen LogP) is 7.27. The number of allylic oxidation sites excluding steroid dienone is 5. The van der Waals surface area contributed by atoms with Gasteiger partial charge in [0.2, 0.25) is 0 Å². The first-order chi connectivity index (χ1) is 15.9. The number of para-hydroxylation sites is 1. The topological polar surface area (TPSA) is 42.0 Å². The lowest BCUT2D eigenvalue weighted by Crippen LogP contribution is -2.14. The van der Waals surface area contributed by atoms with Crippen molar-refractivity contribution in [1.29, 1.82) is 0 Å². The molecule has 0 unspecified atom stereocenters. The Hall–Kier alpha value is -3.45. The number of nitrogens with zero attached hydrogens (tertiary/aromatic N) is 1. The van der Waals surface area contributed by atoms with Crippen LogP contribution in [-0.4, -0.2) is 10.9 Å². The van der Waals surface area contributed by atoms with E-state index in [9.17, 15) is 18.0 Å². The maximum atomic E-state index is 14.0. The van der Waals surface area contributed by atoms with Crippen molar-refractivity contribution < 1.29 is 18.0 Å². The van der Waals surface area contributed by atoms with Gasteiger partial charge >= 0.3 is 0 Å². The Labute approximate surface area is 194 Å². The number of fused-ring (bicyclic) bond motifs is 3. The van der Waals surface area contributed by atoms with Crippen molar-refractivity contribution in [1.82, 2.24) is 4.98 Å². The number of hydrogen-bond donors (Lipinski definition) is 1. The number of carbonyl (C=O) groups excluding carboxylic acids is 1. The Bertz CT molecular complexity index is 1280. The van der Waals surface area contributed by atoms with E-state index in [0.29, 0.717) is 12.0 Å². The summed E-state index contributed by atoms with van der Waals surface area (Å²) < 4.78 is 41.5. The van der Waals surface area contributed by atoms with E-state index >= 15 is 0 Å². The number of aryl methyl sites for hydroxylation is 2. The number of hydrogen-bond acceptors (Lipinski definition) is 3. The second kappa shape index (κ2) is 9.58. The van der Waals surface area contributed by atoms with Gasteiger partial charge in [0.1, 0.15) is 17.3 Å². The fourth-order valence-corrected chi connectivity index (χ4v) is 4.87. The van der Waals surface area contributed by atoms with Gasteiger partial charge in [-0.3, -0.25) is 4.79 Å². The lowest BCUT2D eigenvalue weighted by atomic mass is 9.96. The molecule has 1 aromatic heterocycles. The van der Waals surface area contributed by atoms with Crippen LogP contribution in [0.4, 0.5) is 18.9 Å². The van der Waals surface area contributed by atoms with Gasteiger partial charge in [-0.2, -0.15) is 0 Å². The molecule has 0 saturated heterocycles. The van der Waals surface area contributed by atoms with Crippen LogP contribution in [0.2, 0.25) is 0 Å². The number of anilines is 1. The number of aromatic nitrogens is 1. The van der Waals surface area contributed by atoms with Crippen LogP contribution in [0.1, 0.15) is 40.0 Å². The van der Waals surface area contributed by atoms with Gasteiger partial charge in [-0.05, 0) is 72.7 Å². The lowest BCUT2D eigenvalue weighted by Gasteiger charge is -2.10. The molecule has 0 bridgehead atoms. The third-order valence-electron chi connectivity index (χ3n) is 5.29. The van der Waals surface area contributed by atoms with Crippen molar-refractivity contribution in [2.75, 3.05) is 5.32 Å².